The molecule has 7 nitrogen and oxygen atoms in total. The molecule has 0 saturated carbocycles. The smallest absolute Gasteiger partial charge is 0.363 e. The summed E-state index contributed by atoms with van der Waals surface area (Å²) in [4.78, 5) is 27.3. The van der Waals surface area contributed by atoms with E-state index in [1.807, 2.05) is 30.3 Å². The Bertz CT molecular complexity index is 1280. The number of esters is 1. The Hall–Kier alpha value is -3.97. The van der Waals surface area contributed by atoms with E-state index in [-0.39, 0.29) is 17.3 Å². The lowest BCUT2D eigenvalue weighted by atomic mass is 10.1. The molecule has 0 bridgehead atoms. The van der Waals surface area contributed by atoms with Gasteiger partial charge in [-0.1, -0.05) is 48.0 Å². The molecule has 0 amide bonds. The van der Waals surface area contributed by atoms with Crippen molar-refractivity contribution >= 4 is 35.2 Å². The summed E-state index contributed by atoms with van der Waals surface area (Å²) in [6, 6.07) is 19.1. The summed E-state index contributed by atoms with van der Waals surface area (Å²) in [7, 11) is 0. The van der Waals surface area contributed by atoms with Crippen molar-refractivity contribution in [3.63, 3.8) is 0 Å². The lowest BCUT2D eigenvalue weighted by Gasteiger charge is -2.09. The second-order valence-corrected chi connectivity index (χ2v) is 7.49. The fourth-order valence-corrected chi connectivity index (χ4v) is 3.35. The van der Waals surface area contributed by atoms with Gasteiger partial charge in [0.15, 0.2) is 5.70 Å². The van der Waals surface area contributed by atoms with Crippen LogP contribution in [0.1, 0.15) is 22.3 Å². The van der Waals surface area contributed by atoms with E-state index in [4.69, 9.17) is 21.1 Å². The highest BCUT2D eigenvalue weighted by Gasteiger charge is 2.26. The maximum Gasteiger partial charge on any atom is 0.363 e. The van der Waals surface area contributed by atoms with E-state index in [1.54, 1.807) is 43.3 Å². The van der Waals surface area contributed by atoms with Crippen LogP contribution < -0.4 is 4.74 Å². The quantitative estimate of drug-likeness (QED) is 0.215. The number of benzene rings is 3. The molecule has 3 aromatic rings. The molecule has 1 aliphatic heterocycles. The van der Waals surface area contributed by atoms with Crippen LogP contribution >= 0.6 is 11.6 Å². The van der Waals surface area contributed by atoms with Gasteiger partial charge in [-0.25, -0.2) is 9.79 Å². The van der Waals surface area contributed by atoms with Crippen LogP contribution in [0.5, 0.6) is 5.75 Å². The van der Waals surface area contributed by atoms with E-state index in [9.17, 15) is 14.9 Å². The Morgan fingerprint density at radius 2 is 1.94 bits per heavy atom. The number of cyclic esters (lactones) is 1. The van der Waals surface area contributed by atoms with Crippen LogP contribution in [0.3, 0.4) is 0 Å². The molecule has 0 N–H and O–H groups in total. The number of nitro groups is 1. The average Bonchev–Trinajstić information content (AvgIpc) is 3.13. The zero-order valence-corrected chi connectivity index (χ0v) is 17.7. The predicted octanol–water partition coefficient (Wildman–Crippen LogP) is 5.48. The third-order valence-electron chi connectivity index (χ3n) is 4.77. The van der Waals surface area contributed by atoms with E-state index in [0.29, 0.717) is 34.1 Å². The summed E-state index contributed by atoms with van der Waals surface area (Å²) in [6.45, 7) is 1.93. The molecule has 0 unspecified atom stereocenters. The van der Waals surface area contributed by atoms with Gasteiger partial charge in [-0.05, 0) is 42.8 Å². The zero-order chi connectivity index (χ0) is 22.7. The van der Waals surface area contributed by atoms with Crippen molar-refractivity contribution < 1.29 is 19.2 Å². The number of nitro benzene ring substituents is 1. The van der Waals surface area contributed by atoms with E-state index in [1.165, 1.54) is 6.07 Å². The van der Waals surface area contributed by atoms with Crippen molar-refractivity contribution in [2.24, 2.45) is 4.99 Å². The molecule has 0 radical (unpaired) electrons. The van der Waals surface area contributed by atoms with E-state index < -0.39 is 10.9 Å². The summed E-state index contributed by atoms with van der Waals surface area (Å²) < 4.78 is 11.2. The normalized spacial score (nSPS) is 14.2. The zero-order valence-electron chi connectivity index (χ0n) is 16.9. The van der Waals surface area contributed by atoms with Gasteiger partial charge in [0.2, 0.25) is 5.90 Å². The number of aryl methyl sites for hydroxylation is 1. The number of hydrogen-bond acceptors (Lipinski definition) is 6. The van der Waals surface area contributed by atoms with Gasteiger partial charge >= 0.3 is 5.97 Å². The highest BCUT2D eigenvalue weighted by molar-refractivity contribution is 6.30. The molecule has 0 saturated heterocycles. The molecule has 32 heavy (non-hydrogen) atoms. The number of rotatable bonds is 6. The Labute approximate surface area is 188 Å². The summed E-state index contributed by atoms with van der Waals surface area (Å²) in [6.07, 6.45) is 1.56. The standard InChI is InChI=1S/C24H17ClN2O5/c1-15-9-10-18(13-21(15)27(29)30)23-26-20(24(28)32-23)12-17-6-2-3-8-22(17)31-14-16-5-4-7-19(25)11-16/h2-13H,14H2,1H3/b20-12-. The second-order valence-electron chi connectivity index (χ2n) is 7.05. The number of nitrogens with zero attached hydrogens (tertiary/aromatic N) is 2. The molecule has 0 aliphatic carbocycles. The third-order valence-corrected chi connectivity index (χ3v) is 5.00. The molecule has 8 heteroatoms. The fraction of sp³-hybridized carbons (Fsp3) is 0.0833. The highest BCUT2D eigenvalue weighted by atomic mass is 35.5. The monoisotopic (exact) mass is 448 g/mol. The lowest BCUT2D eigenvalue weighted by molar-refractivity contribution is -0.385. The topological polar surface area (TPSA) is 91.0 Å². The molecule has 4 rings (SSSR count). The van der Waals surface area contributed by atoms with Gasteiger partial charge < -0.3 is 9.47 Å². The SMILES string of the molecule is Cc1ccc(C2=N/C(=C\c3ccccc3OCc3cccc(Cl)c3)C(=O)O2)cc1[N+](=O)[O-]. The summed E-state index contributed by atoms with van der Waals surface area (Å²) in [5, 5.41) is 11.8. The van der Waals surface area contributed by atoms with Crippen molar-refractivity contribution in [1.82, 2.24) is 0 Å². The molecule has 0 atom stereocenters. The first-order valence-electron chi connectivity index (χ1n) is 9.65. The van der Waals surface area contributed by atoms with Gasteiger partial charge in [0.25, 0.3) is 5.69 Å². The number of halogens is 1. The molecular weight excluding hydrogens is 432 g/mol. The van der Waals surface area contributed by atoms with E-state index >= 15 is 0 Å². The van der Waals surface area contributed by atoms with Gasteiger partial charge in [-0.2, -0.15) is 0 Å². The minimum Gasteiger partial charge on any atom is -0.488 e. The molecular formula is C24H17ClN2O5. The van der Waals surface area contributed by atoms with Crippen molar-refractivity contribution in [2.45, 2.75) is 13.5 Å². The van der Waals surface area contributed by atoms with Crippen LogP contribution in [0.4, 0.5) is 5.69 Å². The van der Waals surface area contributed by atoms with Crippen LogP contribution in [-0.2, 0) is 16.1 Å². The molecule has 1 heterocycles. The van der Waals surface area contributed by atoms with Crippen molar-refractivity contribution in [2.75, 3.05) is 0 Å². The molecule has 0 spiro atoms. The number of hydrogen-bond donors (Lipinski definition) is 0. The summed E-state index contributed by atoms with van der Waals surface area (Å²) in [5.74, 6) is -0.0723. The van der Waals surface area contributed by atoms with Crippen molar-refractivity contribution in [3.05, 3.63) is 110 Å². The summed E-state index contributed by atoms with van der Waals surface area (Å²) >= 11 is 6.02. The van der Waals surface area contributed by atoms with Crippen LogP contribution in [0.2, 0.25) is 5.02 Å². The van der Waals surface area contributed by atoms with Gasteiger partial charge in [-0.15, -0.1) is 0 Å². The number of carbonyl (C=O) groups excluding carboxylic acids is 1. The second kappa shape index (κ2) is 9.03. The first-order chi connectivity index (χ1) is 15.4. The highest BCUT2D eigenvalue weighted by Crippen LogP contribution is 2.27. The van der Waals surface area contributed by atoms with Gasteiger partial charge in [0.05, 0.1) is 4.92 Å². The number of ether oxygens (including phenoxy) is 2. The number of carbonyl (C=O) groups is 1. The average molecular weight is 449 g/mol. The van der Waals surface area contributed by atoms with Crippen LogP contribution in [0, 0.1) is 17.0 Å². The van der Waals surface area contributed by atoms with Gasteiger partial charge in [0, 0.05) is 27.8 Å². The predicted molar refractivity (Wildman–Crippen MR) is 121 cm³/mol. The van der Waals surface area contributed by atoms with E-state index in [2.05, 4.69) is 4.99 Å². The maximum absolute atomic E-state index is 12.4. The number of aliphatic imine (C=N–C) groups is 1. The first-order valence-corrected chi connectivity index (χ1v) is 10.0. The van der Waals surface area contributed by atoms with Gasteiger partial charge in [0.1, 0.15) is 12.4 Å². The Morgan fingerprint density at radius 1 is 1.12 bits per heavy atom. The fourth-order valence-electron chi connectivity index (χ4n) is 3.14. The van der Waals surface area contributed by atoms with Crippen LogP contribution in [0.25, 0.3) is 6.08 Å². The Balaban J connectivity index is 1.60. The molecule has 0 aromatic heterocycles. The van der Waals surface area contributed by atoms with E-state index in [0.717, 1.165) is 5.56 Å². The van der Waals surface area contributed by atoms with Crippen LogP contribution in [0.15, 0.2) is 77.4 Å². The Morgan fingerprint density at radius 3 is 2.72 bits per heavy atom. The minimum atomic E-state index is -0.645. The van der Waals surface area contributed by atoms with Crippen molar-refractivity contribution in [3.8, 4) is 5.75 Å². The largest absolute Gasteiger partial charge is 0.488 e. The minimum absolute atomic E-state index is 0.0154. The Kier molecular flexibility index (Phi) is 6.00. The molecule has 1 aliphatic rings. The lowest BCUT2D eigenvalue weighted by Crippen LogP contribution is -2.06. The molecule has 3 aromatic carbocycles. The molecule has 0 fully saturated rings. The van der Waals surface area contributed by atoms with Crippen molar-refractivity contribution in [1.29, 1.82) is 0 Å². The summed E-state index contributed by atoms with van der Waals surface area (Å²) in [5.41, 5.74) is 2.40. The molecule has 160 valence electrons. The van der Waals surface area contributed by atoms with Crippen LogP contribution in [-0.4, -0.2) is 16.8 Å². The first kappa shape index (κ1) is 21.3. The number of para-hydroxylation sites is 1. The van der Waals surface area contributed by atoms with Gasteiger partial charge in [-0.3, -0.25) is 10.1 Å². The third kappa shape index (κ3) is 4.68. The maximum atomic E-state index is 12.4.